The van der Waals surface area contributed by atoms with Crippen LogP contribution >= 0.6 is 0 Å². The summed E-state index contributed by atoms with van der Waals surface area (Å²) in [4.78, 5) is 30.8. The highest BCUT2D eigenvalue weighted by atomic mass is 15.3. The molecule has 10 heteroatoms. The van der Waals surface area contributed by atoms with Crippen molar-refractivity contribution in [1.29, 1.82) is 0 Å². The first-order valence-electron chi connectivity index (χ1n) is 28.7. The SMILES string of the molecule is c1ccc(-c2ccc(-c3ccc4c(c3)n3c5ccccc5nc3n4-c3nc(-c4ccccc4)cc(-c4ccccc4)n3)cc2)cc1.c1ccc(-c2ccc3c(c2)n2c4ccccc4nc2n3-c2nc(-c3ccccc3)cc(-c3ccccc3)n2)cc1. The van der Waals surface area contributed by atoms with Crippen LogP contribution in [0.4, 0.5) is 0 Å². The van der Waals surface area contributed by atoms with E-state index in [1.54, 1.807) is 0 Å². The summed E-state index contributed by atoms with van der Waals surface area (Å²) in [6.07, 6.45) is 0. The van der Waals surface area contributed by atoms with Gasteiger partial charge in [-0.3, -0.25) is 8.80 Å². The molecule has 11 aromatic carbocycles. The Balaban J connectivity index is 0.000000141. The minimum Gasteiger partial charge on any atom is -0.276 e. The van der Waals surface area contributed by atoms with Crippen LogP contribution in [0.15, 0.2) is 303 Å². The highest BCUT2D eigenvalue weighted by Gasteiger charge is 2.23. The summed E-state index contributed by atoms with van der Waals surface area (Å²) in [5.41, 5.74) is 22.6. The van der Waals surface area contributed by atoms with Crippen molar-refractivity contribution in [3.05, 3.63) is 303 Å². The van der Waals surface area contributed by atoms with Gasteiger partial charge < -0.3 is 0 Å². The number of aromatic nitrogens is 10. The Bertz CT molecular complexity index is 5190. The van der Waals surface area contributed by atoms with Gasteiger partial charge in [-0.1, -0.05) is 243 Å². The highest BCUT2D eigenvalue weighted by molar-refractivity contribution is 5.96. The number of nitrogens with zero attached hydrogens (tertiary/aromatic N) is 10. The van der Waals surface area contributed by atoms with E-state index >= 15 is 0 Å². The van der Waals surface area contributed by atoms with Crippen molar-refractivity contribution in [2.75, 3.05) is 0 Å². The number of benzene rings is 11. The van der Waals surface area contributed by atoms with Gasteiger partial charge >= 0.3 is 0 Å². The molecule has 0 saturated heterocycles. The van der Waals surface area contributed by atoms with Crippen LogP contribution < -0.4 is 0 Å². The Morgan fingerprint density at radius 1 is 0.186 bits per heavy atom. The summed E-state index contributed by atoms with van der Waals surface area (Å²) >= 11 is 0. The van der Waals surface area contributed by atoms with Gasteiger partial charge in [0.15, 0.2) is 0 Å². The van der Waals surface area contributed by atoms with Crippen molar-refractivity contribution in [3.8, 4) is 90.3 Å². The maximum absolute atomic E-state index is 5.16. The molecule has 404 valence electrons. The minimum absolute atomic E-state index is 0.579. The quantitative estimate of drug-likeness (QED) is 0.143. The predicted octanol–water partition coefficient (Wildman–Crippen LogP) is 18.1. The van der Waals surface area contributed by atoms with E-state index in [0.29, 0.717) is 11.9 Å². The third kappa shape index (κ3) is 8.93. The van der Waals surface area contributed by atoms with Crippen LogP contribution in [0.1, 0.15) is 0 Å². The van der Waals surface area contributed by atoms with Crippen LogP contribution in [0.5, 0.6) is 0 Å². The topological polar surface area (TPSA) is 96.0 Å². The zero-order chi connectivity index (χ0) is 56.9. The number of hydrogen-bond acceptors (Lipinski definition) is 6. The summed E-state index contributed by atoms with van der Waals surface area (Å²) in [5, 5.41) is 0. The molecule has 0 aliphatic heterocycles. The highest BCUT2D eigenvalue weighted by Crippen LogP contribution is 2.37. The fourth-order valence-corrected chi connectivity index (χ4v) is 11.8. The van der Waals surface area contributed by atoms with Gasteiger partial charge in [0.05, 0.1) is 66.9 Å². The van der Waals surface area contributed by atoms with Crippen molar-refractivity contribution < 1.29 is 0 Å². The van der Waals surface area contributed by atoms with E-state index in [9.17, 15) is 0 Å². The molecular weight excluding hydrogens is 1050 g/mol. The molecule has 6 heterocycles. The summed E-state index contributed by atoms with van der Waals surface area (Å²) in [6.45, 7) is 0. The van der Waals surface area contributed by atoms with Gasteiger partial charge in [0, 0.05) is 22.3 Å². The van der Waals surface area contributed by atoms with E-state index < -0.39 is 0 Å². The van der Waals surface area contributed by atoms with E-state index in [-0.39, 0.29) is 0 Å². The Morgan fingerprint density at radius 2 is 0.453 bits per heavy atom. The molecule has 0 N–H and O–H groups in total. The van der Waals surface area contributed by atoms with Crippen LogP contribution in [0.2, 0.25) is 0 Å². The molecule has 0 fully saturated rings. The average molecular weight is 1100 g/mol. The van der Waals surface area contributed by atoms with Crippen LogP contribution in [0, 0.1) is 0 Å². The predicted molar refractivity (Wildman–Crippen MR) is 348 cm³/mol. The zero-order valence-corrected chi connectivity index (χ0v) is 46.3. The second-order valence-corrected chi connectivity index (χ2v) is 21.2. The number of imidazole rings is 4. The standard InChI is InChI=1S/C41H27N5.C35H23N5/c1-4-12-28(13-5-1)29-20-22-30(23-21-29)33-24-25-38-39(26-33)45-37-19-11-10-18-34(37)44-41(45)46(38)40-42-35(31-14-6-2-7-15-31)27-36(43-40)32-16-8-3-9-17-32;1-4-12-24(13-5-1)27-20-21-32-33(22-27)39-31-19-11-10-18-28(31)38-35(39)40(32)34-36-29(25-14-6-2-7-15-25)23-30(37-34)26-16-8-3-9-17-26/h1-27H;1-23H. The molecule has 0 aliphatic rings. The Hall–Kier alpha value is -11.9. The molecule has 10 nitrogen and oxygen atoms in total. The maximum Gasteiger partial charge on any atom is 0.238 e. The second kappa shape index (κ2) is 21.1. The first-order valence-corrected chi connectivity index (χ1v) is 28.7. The third-order valence-electron chi connectivity index (χ3n) is 15.9. The molecule has 0 aliphatic carbocycles. The lowest BCUT2D eigenvalue weighted by Crippen LogP contribution is -2.04. The monoisotopic (exact) mass is 1100 g/mol. The fraction of sp³-hybridized carbons (Fsp3) is 0. The molecule has 86 heavy (non-hydrogen) atoms. The number of para-hydroxylation sites is 4. The van der Waals surface area contributed by atoms with E-state index in [1.165, 1.54) is 16.7 Å². The van der Waals surface area contributed by atoms with Crippen LogP contribution in [-0.4, -0.2) is 47.8 Å². The molecule has 0 spiro atoms. The minimum atomic E-state index is 0.579. The Kier molecular flexibility index (Phi) is 12.3. The van der Waals surface area contributed by atoms with Gasteiger partial charge in [0.1, 0.15) is 0 Å². The molecule has 0 saturated carbocycles. The van der Waals surface area contributed by atoms with Crippen molar-refractivity contribution in [1.82, 2.24) is 47.8 Å². The first-order chi connectivity index (χ1) is 42.6. The third-order valence-corrected chi connectivity index (χ3v) is 15.9. The van der Waals surface area contributed by atoms with Gasteiger partial charge in [-0.2, -0.15) is 0 Å². The summed E-state index contributed by atoms with van der Waals surface area (Å²) in [6, 6.07) is 105. The van der Waals surface area contributed by atoms with E-state index in [1.807, 2.05) is 97.1 Å². The van der Waals surface area contributed by atoms with Gasteiger partial charge in [0.25, 0.3) is 0 Å². The van der Waals surface area contributed by atoms with Crippen LogP contribution in [0.25, 0.3) is 146 Å². The van der Waals surface area contributed by atoms with Crippen molar-refractivity contribution in [3.63, 3.8) is 0 Å². The average Bonchev–Trinajstić information content (AvgIpc) is 1.68. The largest absolute Gasteiger partial charge is 0.276 e. The molecule has 6 aromatic heterocycles. The summed E-state index contributed by atoms with van der Waals surface area (Å²) < 4.78 is 8.63. The van der Waals surface area contributed by atoms with E-state index in [2.05, 4.69) is 224 Å². The maximum atomic E-state index is 5.16. The summed E-state index contributed by atoms with van der Waals surface area (Å²) in [5.74, 6) is 2.72. The van der Waals surface area contributed by atoms with Crippen molar-refractivity contribution in [2.24, 2.45) is 0 Å². The van der Waals surface area contributed by atoms with Gasteiger partial charge in [-0.15, -0.1) is 0 Å². The lowest BCUT2D eigenvalue weighted by Gasteiger charge is -2.11. The molecule has 0 amide bonds. The summed E-state index contributed by atoms with van der Waals surface area (Å²) in [7, 11) is 0. The van der Waals surface area contributed by atoms with Crippen LogP contribution in [-0.2, 0) is 0 Å². The fourth-order valence-electron chi connectivity index (χ4n) is 11.8. The van der Waals surface area contributed by atoms with E-state index in [4.69, 9.17) is 29.9 Å². The molecule has 0 bridgehead atoms. The number of rotatable bonds is 9. The van der Waals surface area contributed by atoms with Crippen molar-refractivity contribution in [2.45, 2.75) is 0 Å². The first kappa shape index (κ1) is 49.9. The van der Waals surface area contributed by atoms with Crippen molar-refractivity contribution >= 4 is 55.7 Å². The van der Waals surface area contributed by atoms with Gasteiger partial charge in [-0.05, 0) is 94.0 Å². The van der Waals surface area contributed by atoms with Gasteiger partial charge in [-0.25, -0.2) is 39.0 Å². The Labute approximate surface area is 494 Å². The lowest BCUT2D eigenvalue weighted by molar-refractivity contribution is 0.971. The normalized spacial score (nSPS) is 11.5. The Morgan fingerprint density at radius 3 is 0.802 bits per heavy atom. The zero-order valence-electron chi connectivity index (χ0n) is 46.3. The number of hydrogen-bond donors (Lipinski definition) is 0. The molecule has 0 radical (unpaired) electrons. The molecule has 17 aromatic rings. The molecule has 0 unspecified atom stereocenters. The van der Waals surface area contributed by atoms with Crippen LogP contribution in [0.3, 0.4) is 0 Å². The van der Waals surface area contributed by atoms with E-state index in [0.717, 1.165) is 117 Å². The second-order valence-electron chi connectivity index (χ2n) is 21.2. The smallest absolute Gasteiger partial charge is 0.238 e. The molecular formula is C76H50N10. The number of fused-ring (bicyclic) bond motifs is 10. The molecule has 17 rings (SSSR count). The van der Waals surface area contributed by atoms with Gasteiger partial charge in [0.2, 0.25) is 23.5 Å². The lowest BCUT2D eigenvalue weighted by atomic mass is 10.00. The molecule has 0 atom stereocenters.